The molecule has 0 spiro atoms. The minimum atomic E-state index is 0.121. The maximum absolute atomic E-state index is 11.8. The van der Waals surface area contributed by atoms with Crippen LogP contribution in [0.3, 0.4) is 0 Å². The fourth-order valence-corrected chi connectivity index (χ4v) is 5.27. The number of likely N-dealkylation sites (tertiary alicyclic amines) is 1. The molecule has 2 unspecified atom stereocenters. The van der Waals surface area contributed by atoms with Crippen molar-refractivity contribution in [3.05, 3.63) is 58.6 Å². The minimum Gasteiger partial charge on any atom is -0.491 e. The number of carbonyl (C=O) groups excluding carboxylic acids is 1. The summed E-state index contributed by atoms with van der Waals surface area (Å²) < 4.78 is 6.04. The van der Waals surface area contributed by atoms with Crippen LogP contribution >= 0.6 is 0 Å². The van der Waals surface area contributed by atoms with Gasteiger partial charge in [-0.3, -0.25) is 15.0 Å². The van der Waals surface area contributed by atoms with Gasteiger partial charge in [0.15, 0.2) is 5.82 Å². The molecule has 1 aliphatic carbocycles. The Morgan fingerprint density at radius 3 is 2.76 bits per heavy atom. The van der Waals surface area contributed by atoms with Gasteiger partial charge in [-0.25, -0.2) is 4.98 Å². The van der Waals surface area contributed by atoms with Crippen molar-refractivity contribution in [2.75, 3.05) is 13.7 Å². The van der Waals surface area contributed by atoms with Crippen molar-refractivity contribution in [3.63, 3.8) is 0 Å². The SMILES string of the molecule is CC(C)Cc1nc(C2C=c3c(-c4ccc5cc(OCC6CCC(=O)N6C)ccc5c4)n[nH]c3=CC2)n[nH]1. The topological polar surface area (TPSA) is 99.8 Å². The van der Waals surface area contributed by atoms with Gasteiger partial charge in [-0.2, -0.15) is 10.2 Å². The molecule has 0 radical (unpaired) electrons. The van der Waals surface area contributed by atoms with Gasteiger partial charge in [-0.15, -0.1) is 0 Å². The van der Waals surface area contributed by atoms with Crippen LogP contribution in [0.2, 0.25) is 0 Å². The molecular formula is C29H32N6O2. The highest BCUT2D eigenvalue weighted by Crippen LogP contribution is 2.27. The van der Waals surface area contributed by atoms with Gasteiger partial charge in [0.05, 0.1) is 17.1 Å². The molecule has 1 amide bonds. The van der Waals surface area contributed by atoms with E-state index in [1.807, 2.05) is 13.1 Å². The second-order valence-corrected chi connectivity index (χ2v) is 10.6. The number of aromatic nitrogens is 5. The Balaban J connectivity index is 1.24. The van der Waals surface area contributed by atoms with Crippen LogP contribution in [0.1, 0.15) is 50.7 Å². The molecule has 8 nitrogen and oxygen atoms in total. The maximum atomic E-state index is 11.8. The summed E-state index contributed by atoms with van der Waals surface area (Å²) >= 11 is 0. The number of nitrogens with zero attached hydrogens (tertiary/aromatic N) is 4. The van der Waals surface area contributed by atoms with Crippen molar-refractivity contribution in [2.45, 2.75) is 51.5 Å². The van der Waals surface area contributed by atoms with Gasteiger partial charge >= 0.3 is 0 Å². The molecule has 0 saturated carbocycles. The lowest BCUT2D eigenvalue weighted by atomic mass is 9.96. The molecule has 3 heterocycles. The second-order valence-electron chi connectivity index (χ2n) is 10.6. The zero-order valence-corrected chi connectivity index (χ0v) is 21.5. The van der Waals surface area contributed by atoms with E-state index in [2.05, 4.69) is 76.7 Å². The zero-order valence-electron chi connectivity index (χ0n) is 21.5. The van der Waals surface area contributed by atoms with E-state index < -0.39 is 0 Å². The zero-order chi connectivity index (χ0) is 25.5. The van der Waals surface area contributed by atoms with E-state index in [1.165, 1.54) is 0 Å². The Morgan fingerprint density at radius 2 is 1.95 bits per heavy atom. The van der Waals surface area contributed by atoms with Crippen molar-refractivity contribution in [3.8, 4) is 17.0 Å². The van der Waals surface area contributed by atoms with Crippen molar-refractivity contribution in [1.82, 2.24) is 30.3 Å². The first-order chi connectivity index (χ1) is 17.9. The number of hydrogen-bond donors (Lipinski definition) is 2. The van der Waals surface area contributed by atoms with E-state index in [0.717, 1.165) is 69.3 Å². The number of benzene rings is 2. The van der Waals surface area contributed by atoms with E-state index in [4.69, 9.17) is 9.72 Å². The summed E-state index contributed by atoms with van der Waals surface area (Å²) in [5.41, 5.74) is 2.00. The van der Waals surface area contributed by atoms with Crippen molar-refractivity contribution < 1.29 is 9.53 Å². The number of ether oxygens (including phenoxy) is 1. The summed E-state index contributed by atoms with van der Waals surface area (Å²) in [6.07, 6.45) is 7.63. The van der Waals surface area contributed by atoms with Crippen LogP contribution < -0.4 is 15.3 Å². The highest BCUT2D eigenvalue weighted by atomic mass is 16.5. The lowest BCUT2D eigenvalue weighted by molar-refractivity contribution is -0.127. The number of H-pyrrole nitrogens is 2. The Bertz CT molecular complexity index is 1580. The fourth-order valence-electron chi connectivity index (χ4n) is 5.27. The Hall–Kier alpha value is -3.94. The number of nitrogens with one attached hydrogen (secondary N) is 2. The summed E-state index contributed by atoms with van der Waals surface area (Å²) in [7, 11) is 1.85. The number of likely N-dealkylation sites (N-methyl/N-ethyl adjacent to an activating group) is 1. The van der Waals surface area contributed by atoms with Crippen LogP contribution in [0.15, 0.2) is 36.4 Å². The number of carbonyl (C=O) groups is 1. The average molecular weight is 497 g/mol. The van der Waals surface area contributed by atoms with Crippen LogP contribution in [-0.2, 0) is 11.2 Å². The lowest BCUT2D eigenvalue weighted by Crippen LogP contribution is -2.33. The summed E-state index contributed by atoms with van der Waals surface area (Å²) in [6.45, 7) is 4.88. The predicted octanol–water partition coefficient (Wildman–Crippen LogP) is 3.29. The minimum absolute atomic E-state index is 0.121. The number of hydrogen-bond acceptors (Lipinski definition) is 5. The number of aromatic amines is 2. The highest BCUT2D eigenvalue weighted by molar-refractivity contribution is 5.88. The lowest BCUT2D eigenvalue weighted by Gasteiger charge is -2.20. The van der Waals surface area contributed by atoms with E-state index >= 15 is 0 Å². The Kier molecular flexibility index (Phi) is 6.02. The van der Waals surface area contributed by atoms with E-state index in [9.17, 15) is 4.79 Å². The van der Waals surface area contributed by atoms with E-state index in [1.54, 1.807) is 4.90 Å². The number of fused-ring (bicyclic) bond motifs is 2. The number of rotatable bonds is 7. The molecule has 2 atom stereocenters. The molecule has 4 aromatic rings. The van der Waals surface area contributed by atoms with E-state index in [-0.39, 0.29) is 17.9 Å². The van der Waals surface area contributed by atoms with E-state index in [0.29, 0.717) is 18.9 Å². The molecule has 37 heavy (non-hydrogen) atoms. The molecule has 190 valence electrons. The fraction of sp³-hybridized carbons (Fsp3) is 0.379. The smallest absolute Gasteiger partial charge is 0.222 e. The summed E-state index contributed by atoms with van der Waals surface area (Å²) in [5, 5.41) is 19.8. The first kappa shape index (κ1) is 23.5. The standard InChI is InChI=1S/C29H32N6O2/c1-17(2)12-26-30-29(34-32-26)21-7-10-25-24(15-21)28(33-31-25)20-5-4-19-14-23(9-6-18(19)13-20)37-16-22-8-11-27(36)35(22)3/h4-6,9-10,13-15,17,21-22,31H,7-8,11-12,16H2,1-3H3,(H,30,32,34). The Labute approximate surface area is 215 Å². The third-order valence-corrected chi connectivity index (χ3v) is 7.42. The predicted molar refractivity (Wildman–Crippen MR) is 143 cm³/mol. The van der Waals surface area contributed by atoms with Crippen LogP contribution in [-0.4, -0.2) is 55.9 Å². The molecule has 8 heteroatoms. The van der Waals surface area contributed by atoms with Gasteiger partial charge in [-0.05, 0) is 47.7 Å². The summed E-state index contributed by atoms with van der Waals surface area (Å²) in [6, 6.07) is 12.7. The highest BCUT2D eigenvalue weighted by Gasteiger charge is 2.28. The van der Waals surface area contributed by atoms with Gasteiger partial charge < -0.3 is 9.64 Å². The quantitative estimate of drug-likeness (QED) is 0.409. The third kappa shape index (κ3) is 4.63. The van der Waals surface area contributed by atoms with Crippen molar-refractivity contribution >= 4 is 28.8 Å². The van der Waals surface area contributed by atoms with Gasteiger partial charge in [0, 0.05) is 36.6 Å². The molecule has 1 saturated heterocycles. The molecule has 2 aromatic heterocycles. The van der Waals surface area contributed by atoms with Crippen molar-refractivity contribution in [1.29, 1.82) is 0 Å². The first-order valence-electron chi connectivity index (χ1n) is 13.0. The molecule has 2 aliphatic rings. The van der Waals surface area contributed by atoms with Crippen molar-refractivity contribution in [2.24, 2.45) is 5.92 Å². The summed E-state index contributed by atoms with van der Waals surface area (Å²) in [4.78, 5) is 18.3. The van der Waals surface area contributed by atoms with Crippen LogP contribution in [0.25, 0.3) is 34.2 Å². The van der Waals surface area contributed by atoms with Crippen LogP contribution in [0.5, 0.6) is 5.75 Å². The molecule has 1 aliphatic heterocycles. The molecule has 2 aromatic carbocycles. The third-order valence-electron chi connectivity index (χ3n) is 7.42. The van der Waals surface area contributed by atoms with Gasteiger partial charge in [0.25, 0.3) is 0 Å². The molecule has 6 rings (SSSR count). The molecule has 1 fully saturated rings. The summed E-state index contributed by atoms with van der Waals surface area (Å²) in [5.74, 6) is 3.44. The van der Waals surface area contributed by atoms with Crippen LogP contribution in [0.4, 0.5) is 0 Å². The second kappa shape index (κ2) is 9.50. The molecular weight excluding hydrogens is 464 g/mol. The number of amides is 1. The Morgan fingerprint density at radius 1 is 1.11 bits per heavy atom. The van der Waals surface area contributed by atoms with Crippen LogP contribution in [0, 0.1) is 5.92 Å². The average Bonchev–Trinajstić information content (AvgIpc) is 3.61. The monoisotopic (exact) mass is 496 g/mol. The maximum Gasteiger partial charge on any atom is 0.222 e. The normalized spacial score (nSPS) is 19.2. The largest absolute Gasteiger partial charge is 0.491 e. The molecule has 2 N–H and O–H groups in total. The van der Waals surface area contributed by atoms with Gasteiger partial charge in [0.2, 0.25) is 5.91 Å². The first-order valence-corrected chi connectivity index (χ1v) is 13.0. The van der Waals surface area contributed by atoms with Gasteiger partial charge in [-0.1, -0.05) is 44.2 Å². The molecule has 0 bridgehead atoms. The van der Waals surface area contributed by atoms with Gasteiger partial charge in [0.1, 0.15) is 18.2 Å².